The summed E-state index contributed by atoms with van der Waals surface area (Å²) in [5.41, 5.74) is 0.579. The summed E-state index contributed by atoms with van der Waals surface area (Å²) in [4.78, 5) is 13.7. The van der Waals surface area contributed by atoms with Crippen LogP contribution >= 0.6 is 0 Å². The minimum Gasteiger partial charge on any atom is -0.463 e. The van der Waals surface area contributed by atoms with Gasteiger partial charge in [-0.15, -0.1) is 0 Å². The Balaban J connectivity index is 2.30. The molecule has 0 aromatic carbocycles. The van der Waals surface area contributed by atoms with E-state index in [0.29, 0.717) is 18.7 Å². The van der Waals surface area contributed by atoms with Crippen molar-refractivity contribution < 1.29 is 9.53 Å². The van der Waals surface area contributed by atoms with Crippen LogP contribution in [0.25, 0.3) is 0 Å². The molecule has 0 aliphatic carbocycles. The Bertz CT molecular complexity index is 265. The van der Waals surface area contributed by atoms with Gasteiger partial charge in [0.1, 0.15) is 0 Å². The van der Waals surface area contributed by atoms with Crippen LogP contribution in [0.2, 0.25) is 0 Å². The van der Waals surface area contributed by atoms with Crippen LogP contribution < -0.4 is 0 Å². The van der Waals surface area contributed by atoms with Crippen molar-refractivity contribution in [3.63, 3.8) is 0 Å². The Morgan fingerprint density at radius 1 is 1.41 bits per heavy atom. The van der Waals surface area contributed by atoms with Crippen LogP contribution in [-0.4, -0.2) is 37.1 Å². The highest BCUT2D eigenvalue weighted by atomic mass is 16.5. The monoisotopic (exact) mass is 239 g/mol. The lowest BCUT2D eigenvalue weighted by atomic mass is 9.86. The first-order valence-electron chi connectivity index (χ1n) is 6.61. The second kappa shape index (κ2) is 6.80. The molecule has 1 heterocycles. The number of ether oxygens (including phenoxy) is 1. The molecule has 1 fully saturated rings. The van der Waals surface area contributed by atoms with Gasteiger partial charge in [-0.2, -0.15) is 0 Å². The van der Waals surface area contributed by atoms with Crippen molar-refractivity contribution in [2.75, 3.05) is 26.2 Å². The maximum absolute atomic E-state index is 11.4. The Morgan fingerprint density at radius 2 is 2.00 bits per heavy atom. The molecule has 0 saturated carbocycles. The number of likely N-dealkylation sites (tertiary alicyclic amines) is 1. The lowest BCUT2D eigenvalue weighted by Gasteiger charge is -2.33. The second-order valence-corrected chi connectivity index (χ2v) is 5.18. The molecule has 0 unspecified atom stereocenters. The summed E-state index contributed by atoms with van der Waals surface area (Å²) < 4.78 is 4.94. The maximum atomic E-state index is 11.4. The first kappa shape index (κ1) is 14.2. The number of hydrogen-bond acceptors (Lipinski definition) is 3. The van der Waals surface area contributed by atoms with Gasteiger partial charge in [0.05, 0.1) is 6.61 Å². The molecule has 0 atom stereocenters. The first-order chi connectivity index (χ1) is 8.04. The quantitative estimate of drug-likeness (QED) is 0.545. The number of carbonyl (C=O) groups is 1. The molecule has 17 heavy (non-hydrogen) atoms. The van der Waals surface area contributed by atoms with Crippen molar-refractivity contribution in [2.45, 2.75) is 33.6 Å². The largest absolute Gasteiger partial charge is 0.463 e. The number of esters is 1. The zero-order valence-electron chi connectivity index (χ0n) is 11.4. The third-order valence-corrected chi connectivity index (χ3v) is 3.55. The fourth-order valence-corrected chi connectivity index (χ4v) is 2.35. The van der Waals surface area contributed by atoms with Crippen LogP contribution in [0.3, 0.4) is 0 Å². The SMILES string of the molecule is C=C(CN1CCC(C(C)C)CC1)C(=O)OCC. The molecule has 1 aliphatic heterocycles. The molecule has 1 rings (SSSR count). The van der Waals surface area contributed by atoms with Gasteiger partial charge in [-0.3, -0.25) is 4.90 Å². The van der Waals surface area contributed by atoms with Crippen molar-refractivity contribution in [3.05, 3.63) is 12.2 Å². The smallest absolute Gasteiger partial charge is 0.334 e. The highest BCUT2D eigenvalue weighted by molar-refractivity contribution is 5.88. The molecule has 0 amide bonds. The van der Waals surface area contributed by atoms with Gasteiger partial charge in [0, 0.05) is 12.1 Å². The third kappa shape index (κ3) is 4.50. The zero-order chi connectivity index (χ0) is 12.8. The van der Waals surface area contributed by atoms with Gasteiger partial charge < -0.3 is 4.74 Å². The lowest BCUT2D eigenvalue weighted by Crippen LogP contribution is -2.37. The van der Waals surface area contributed by atoms with Crippen LogP contribution in [0, 0.1) is 11.8 Å². The zero-order valence-corrected chi connectivity index (χ0v) is 11.4. The molecule has 1 aliphatic rings. The van der Waals surface area contributed by atoms with Gasteiger partial charge in [0.25, 0.3) is 0 Å². The van der Waals surface area contributed by atoms with Crippen molar-refractivity contribution in [2.24, 2.45) is 11.8 Å². The van der Waals surface area contributed by atoms with Gasteiger partial charge in [0.2, 0.25) is 0 Å². The van der Waals surface area contributed by atoms with Crippen LogP contribution in [0.1, 0.15) is 33.6 Å². The molecule has 0 aromatic rings. The normalized spacial score (nSPS) is 18.4. The molecule has 1 saturated heterocycles. The van der Waals surface area contributed by atoms with E-state index >= 15 is 0 Å². The van der Waals surface area contributed by atoms with Gasteiger partial charge in [-0.25, -0.2) is 4.79 Å². The van der Waals surface area contributed by atoms with E-state index in [0.717, 1.165) is 24.9 Å². The highest BCUT2D eigenvalue weighted by Crippen LogP contribution is 2.24. The molecule has 0 bridgehead atoms. The first-order valence-corrected chi connectivity index (χ1v) is 6.61. The number of rotatable bonds is 5. The van der Waals surface area contributed by atoms with Crippen molar-refractivity contribution >= 4 is 5.97 Å². The Hall–Kier alpha value is -0.830. The lowest BCUT2D eigenvalue weighted by molar-refractivity contribution is -0.138. The number of carbonyl (C=O) groups excluding carboxylic acids is 1. The van der Waals surface area contributed by atoms with E-state index < -0.39 is 0 Å². The van der Waals surface area contributed by atoms with Gasteiger partial charge >= 0.3 is 5.97 Å². The standard InChI is InChI=1S/C14H25NO2/c1-5-17-14(16)12(4)10-15-8-6-13(7-9-15)11(2)3/h11,13H,4-10H2,1-3H3. The fraction of sp³-hybridized carbons (Fsp3) is 0.786. The molecule has 3 heteroatoms. The van der Waals surface area contributed by atoms with E-state index in [1.54, 1.807) is 0 Å². The van der Waals surface area contributed by atoms with E-state index in [1.165, 1.54) is 12.8 Å². The maximum Gasteiger partial charge on any atom is 0.334 e. The van der Waals surface area contributed by atoms with Gasteiger partial charge in [-0.05, 0) is 44.7 Å². The fourth-order valence-electron chi connectivity index (χ4n) is 2.35. The van der Waals surface area contributed by atoms with E-state index in [4.69, 9.17) is 4.74 Å². The van der Waals surface area contributed by atoms with Crippen molar-refractivity contribution in [3.8, 4) is 0 Å². The van der Waals surface area contributed by atoms with Crippen LogP contribution in [0.15, 0.2) is 12.2 Å². The molecular formula is C14H25NO2. The minimum absolute atomic E-state index is 0.251. The average Bonchev–Trinajstić information content (AvgIpc) is 2.30. The number of nitrogens with zero attached hydrogens (tertiary/aromatic N) is 1. The summed E-state index contributed by atoms with van der Waals surface area (Å²) in [7, 11) is 0. The predicted octanol–water partition coefficient (Wildman–Crippen LogP) is 2.47. The van der Waals surface area contributed by atoms with E-state index in [1.807, 2.05) is 6.92 Å². The van der Waals surface area contributed by atoms with Crippen LogP contribution in [0.5, 0.6) is 0 Å². The number of hydrogen-bond donors (Lipinski definition) is 0. The molecule has 0 radical (unpaired) electrons. The van der Waals surface area contributed by atoms with Crippen LogP contribution in [-0.2, 0) is 9.53 Å². The Labute approximate surface area is 105 Å². The summed E-state index contributed by atoms with van der Waals surface area (Å²) >= 11 is 0. The molecule has 0 N–H and O–H groups in total. The third-order valence-electron chi connectivity index (χ3n) is 3.55. The Kier molecular flexibility index (Phi) is 5.69. The van der Waals surface area contributed by atoms with E-state index in [9.17, 15) is 4.79 Å². The number of piperidine rings is 1. The average molecular weight is 239 g/mol. The van der Waals surface area contributed by atoms with Crippen LogP contribution in [0.4, 0.5) is 0 Å². The summed E-state index contributed by atoms with van der Waals surface area (Å²) in [5.74, 6) is 1.35. The summed E-state index contributed by atoms with van der Waals surface area (Å²) in [6.07, 6.45) is 2.46. The molecule has 0 spiro atoms. The topological polar surface area (TPSA) is 29.5 Å². The molecular weight excluding hydrogens is 214 g/mol. The summed E-state index contributed by atoms with van der Waals surface area (Å²) in [6, 6.07) is 0. The van der Waals surface area contributed by atoms with E-state index in [2.05, 4.69) is 25.3 Å². The van der Waals surface area contributed by atoms with Crippen molar-refractivity contribution in [1.82, 2.24) is 4.90 Å². The summed E-state index contributed by atoms with van der Waals surface area (Å²) in [5, 5.41) is 0. The molecule has 3 nitrogen and oxygen atoms in total. The second-order valence-electron chi connectivity index (χ2n) is 5.18. The van der Waals surface area contributed by atoms with Gasteiger partial charge in [-0.1, -0.05) is 20.4 Å². The van der Waals surface area contributed by atoms with Crippen molar-refractivity contribution in [1.29, 1.82) is 0 Å². The van der Waals surface area contributed by atoms with Gasteiger partial charge in [0.15, 0.2) is 0 Å². The van der Waals surface area contributed by atoms with E-state index in [-0.39, 0.29) is 5.97 Å². The molecule has 98 valence electrons. The Morgan fingerprint density at radius 3 is 2.47 bits per heavy atom. The minimum atomic E-state index is -0.251. The molecule has 0 aromatic heterocycles. The summed E-state index contributed by atoms with van der Waals surface area (Å²) in [6.45, 7) is 13.4. The highest BCUT2D eigenvalue weighted by Gasteiger charge is 2.22. The predicted molar refractivity (Wildman–Crippen MR) is 69.8 cm³/mol.